The molecule has 0 bridgehead atoms. The lowest BCUT2D eigenvalue weighted by Gasteiger charge is -2.51. The van der Waals surface area contributed by atoms with E-state index in [1.165, 1.54) is 29.3 Å². The predicted molar refractivity (Wildman–Crippen MR) is 151 cm³/mol. The number of amides is 1. The number of benzene rings is 2. The normalized spacial score (nSPS) is 20.3. The Morgan fingerprint density at radius 1 is 1.02 bits per heavy atom. The van der Waals surface area contributed by atoms with Gasteiger partial charge in [0.05, 0.1) is 38.6 Å². The van der Waals surface area contributed by atoms with Gasteiger partial charge in [0.25, 0.3) is 5.91 Å². The van der Waals surface area contributed by atoms with Crippen molar-refractivity contribution in [3.05, 3.63) is 99.3 Å². The minimum atomic E-state index is -2.38. The minimum Gasteiger partial charge on any atom is -0.409 e. The van der Waals surface area contributed by atoms with Gasteiger partial charge in [-0.25, -0.2) is 8.78 Å². The molecule has 2 aromatic carbocycles. The van der Waals surface area contributed by atoms with Gasteiger partial charge in [-0.2, -0.15) is 0 Å². The van der Waals surface area contributed by atoms with Crippen LogP contribution in [0.3, 0.4) is 0 Å². The summed E-state index contributed by atoms with van der Waals surface area (Å²) in [5, 5.41) is 17.0. The molecule has 8 radical (unpaired) electrons. The second kappa shape index (κ2) is 9.69. The van der Waals surface area contributed by atoms with Crippen molar-refractivity contribution in [3.8, 4) is 0 Å². The lowest BCUT2D eigenvalue weighted by Crippen LogP contribution is -2.62. The maximum atomic E-state index is 14.8. The number of pyridine rings is 1. The van der Waals surface area contributed by atoms with E-state index in [-0.39, 0.29) is 36.1 Å². The molecule has 1 fully saturated rings. The van der Waals surface area contributed by atoms with Crippen LogP contribution in [0.4, 0.5) is 8.78 Å². The Morgan fingerprint density at radius 2 is 1.71 bits per heavy atom. The van der Waals surface area contributed by atoms with E-state index in [0.717, 1.165) is 12.1 Å². The minimum absolute atomic E-state index is 0.0397. The van der Waals surface area contributed by atoms with Gasteiger partial charge in [0.15, 0.2) is 17.4 Å². The van der Waals surface area contributed by atoms with Crippen molar-refractivity contribution < 1.29 is 28.5 Å². The van der Waals surface area contributed by atoms with Crippen molar-refractivity contribution in [2.75, 3.05) is 0 Å². The van der Waals surface area contributed by atoms with Crippen LogP contribution < -0.4 is 0 Å². The van der Waals surface area contributed by atoms with Gasteiger partial charge >= 0.3 is 0 Å². The summed E-state index contributed by atoms with van der Waals surface area (Å²) in [5.41, 5.74) is -4.00. The number of hydrogen-bond donors (Lipinski definition) is 2. The van der Waals surface area contributed by atoms with E-state index < -0.39 is 45.1 Å². The lowest BCUT2D eigenvalue weighted by atomic mass is 9.43. The number of carbonyl (C=O) groups is 1. The molecule has 1 saturated carbocycles. The maximum Gasteiger partial charge on any atom is 0.257 e. The van der Waals surface area contributed by atoms with E-state index in [9.17, 15) is 23.8 Å². The van der Waals surface area contributed by atoms with Crippen LogP contribution in [0.25, 0.3) is 0 Å². The number of aliphatic hydroxyl groups is 2. The molecular formula is C28H23B4ClF2N2O4. The van der Waals surface area contributed by atoms with Gasteiger partial charge in [-0.3, -0.25) is 14.7 Å². The SMILES string of the molecule is [B]C([B])(O)C1(C([B])([B])O[C@]2(c3ccc(F)c(F)c3)c3ccc(C(C)(C)O)cc3C(=O)N2Cc2ccc(Cl)cn2)CC1. The van der Waals surface area contributed by atoms with Crippen molar-refractivity contribution in [3.63, 3.8) is 0 Å². The quantitative estimate of drug-likeness (QED) is 0.409. The smallest absolute Gasteiger partial charge is 0.257 e. The number of aromatic nitrogens is 1. The molecule has 0 saturated heterocycles. The topological polar surface area (TPSA) is 82.9 Å². The van der Waals surface area contributed by atoms with E-state index in [0.29, 0.717) is 16.3 Å². The van der Waals surface area contributed by atoms with E-state index in [2.05, 4.69) is 4.98 Å². The molecule has 13 heteroatoms. The highest BCUT2D eigenvalue weighted by Crippen LogP contribution is 2.61. The third-order valence-corrected chi connectivity index (χ3v) is 8.17. The van der Waals surface area contributed by atoms with Crippen LogP contribution in [0, 0.1) is 17.0 Å². The van der Waals surface area contributed by atoms with Gasteiger partial charge < -0.3 is 14.9 Å². The number of rotatable bonds is 8. The van der Waals surface area contributed by atoms with E-state index in [1.54, 1.807) is 32.0 Å². The first-order chi connectivity index (χ1) is 18.9. The van der Waals surface area contributed by atoms with E-state index in [1.807, 2.05) is 0 Å². The number of ether oxygens (including phenoxy) is 1. The molecule has 1 amide bonds. The highest BCUT2D eigenvalue weighted by Gasteiger charge is 2.65. The summed E-state index contributed by atoms with van der Waals surface area (Å²) in [7, 11) is 24.8. The molecule has 1 aliphatic heterocycles. The van der Waals surface area contributed by atoms with Crippen molar-refractivity contribution >= 4 is 48.9 Å². The van der Waals surface area contributed by atoms with Crippen LogP contribution in [0.5, 0.6) is 0 Å². The first kappa shape index (κ1) is 29.8. The van der Waals surface area contributed by atoms with Crippen LogP contribution in [0.1, 0.15) is 59.4 Å². The fourth-order valence-electron chi connectivity index (χ4n) is 5.43. The molecule has 5 rings (SSSR count). The fourth-order valence-corrected chi connectivity index (χ4v) is 5.55. The van der Waals surface area contributed by atoms with Crippen LogP contribution in [0.2, 0.25) is 5.02 Å². The van der Waals surface area contributed by atoms with Crippen molar-refractivity contribution in [1.29, 1.82) is 0 Å². The monoisotopic (exact) mass is 568 g/mol. The van der Waals surface area contributed by atoms with Gasteiger partial charge in [-0.15, -0.1) is 0 Å². The zero-order chi connectivity index (χ0) is 30.2. The summed E-state index contributed by atoms with van der Waals surface area (Å²) in [5.74, 6) is -2.97. The summed E-state index contributed by atoms with van der Waals surface area (Å²) in [6.07, 6.45) is 1.73. The third-order valence-electron chi connectivity index (χ3n) is 7.95. The molecule has 1 atom stereocenters. The second-order valence-electron chi connectivity index (χ2n) is 11.3. The Kier molecular flexibility index (Phi) is 7.05. The first-order valence-electron chi connectivity index (χ1n) is 12.8. The summed E-state index contributed by atoms with van der Waals surface area (Å²) in [4.78, 5) is 19.7. The predicted octanol–water partition coefficient (Wildman–Crippen LogP) is 2.87. The average Bonchev–Trinajstić information content (AvgIpc) is 3.68. The number of fused-ring (bicyclic) bond motifs is 1. The highest BCUT2D eigenvalue weighted by molar-refractivity contribution is 6.45. The Labute approximate surface area is 247 Å². The van der Waals surface area contributed by atoms with E-state index >= 15 is 0 Å². The molecule has 1 aromatic heterocycles. The van der Waals surface area contributed by atoms with Gasteiger partial charge in [0.1, 0.15) is 15.7 Å². The van der Waals surface area contributed by atoms with Gasteiger partial charge in [-0.1, -0.05) is 29.8 Å². The maximum absolute atomic E-state index is 14.8. The van der Waals surface area contributed by atoms with Crippen LogP contribution >= 0.6 is 11.6 Å². The number of carbonyl (C=O) groups excluding carboxylic acids is 1. The third kappa shape index (κ3) is 4.83. The molecule has 3 aromatic rings. The largest absolute Gasteiger partial charge is 0.409 e. The molecule has 0 spiro atoms. The van der Waals surface area contributed by atoms with Crippen LogP contribution in [-0.4, -0.2) is 68.2 Å². The lowest BCUT2D eigenvalue weighted by molar-refractivity contribution is -0.168. The van der Waals surface area contributed by atoms with Gasteiger partial charge in [0, 0.05) is 28.3 Å². The van der Waals surface area contributed by atoms with Crippen molar-refractivity contribution in [2.24, 2.45) is 5.41 Å². The first-order valence-corrected chi connectivity index (χ1v) is 13.1. The van der Waals surface area contributed by atoms with Crippen LogP contribution in [0.15, 0.2) is 54.7 Å². The summed E-state index contributed by atoms with van der Waals surface area (Å²) in [6.45, 7) is 2.88. The van der Waals surface area contributed by atoms with Gasteiger partial charge in [0.2, 0.25) is 0 Å². The molecule has 0 unspecified atom stereocenters. The molecule has 41 heavy (non-hydrogen) atoms. The van der Waals surface area contributed by atoms with E-state index in [4.69, 9.17) is 47.7 Å². The Balaban J connectivity index is 1.80. The number of hydrogen-bond acceptors (Lipinski definition) is 5. The zero-order valence-corrected chi connectivity index (χ0v) is 23.1. The molecular weight excluding hydrogens is 545 g/mol. The highest BCUT2D eigenvalue weighted by atomic mass is 35.5. The van der Waals surface area contributed by atoms with Gasteiger partial charge in [-0.05, 0) is 73.4 Å². The molecule has 6 nitrogen and oxygen atoms in total. The Bertz CT molecular complexity index is 1520. The van der Waals surface area contributed by atoms with Crippen molar-refractivity contribution in [1.82, 2.24) is 9.88 Å². The summed E-state index contributed by atoms with van der Waals surface area (Å²) in [6, 6.07) is 10.7. The summed E-state index contributed by atoms with van der Waals surface area (Å²) >= 11 is 6.01. The second-order valence-corrected chi connectivity index (χ2v) is 11.7. The molecule has 2 heterocycles. The standard InChI is InChI=1S/C28H23B4ClF2N2O4/c1-24(2,39)15-3-7-20-19(11-15)23(38)37(14-18-6-5-17(33)13-36-18)26(20,16-4-8-21(34)22(35)12-16)41-28(31,32)25(9-10-25)27(29,30)40/h3-8,11-13,39-40H,9-10,14H2,1-2H3/t26-/m1/s1. The summed E-state index contributed by atoms with van der Waals surface area (Å²) < 4.78 is 35.5. The Morgan fingerprint density at radius 3 is 2.24 bits per heavy atom. The fraction of sp³-hybridized carbons (Fsp3) is 0.357. The Hall–Kier alpha value is -2.65. The number of nitrogens with zero attached hydrogens (tertiary/aromatic N) is 2. The average molecular weight is 568 g/mol. The van der Waals surface area contributed by atoms with Crippen molar-refractivity contribution in [2.45, 2.75) is 55.4 Å². The molecule has 1 aliphatic carbocycles. The zero-order valence-electron chi connectivity index (χ0n) is 22.4. The number of halogens is 3. The molecule has 2 N–H and O–H groups in total. The van der Waals surface area contributed by atoms with Crippen LogP contribution in [-0.2, 0) is 22.6 Å². The molecule has 202 valence electrons. The molecule has 2 aliphatic rings.